The third-order valence-electron chi connectivity index (χ3n) is 4.34. The van der Waals surface area contributed by atoms with E-state index in [0.29, 0.717) is 0 Å². The molecule has 0 bridgehead atoms. The molecule has 4 nitrogen and oxygen atoms in total. The number of fused-ring (bicyclic) bond motifs is 1. The van der Waals surface area contributed by atoms with Gasteiger partial charge in [-0.05, 0) is 28.7 Å². The Kier molecular flexibility index (Phi) is 4.49. The van der Waals surface area contributed by atoms with E-state index < -0.39 is 0 Å². The first kappa shape index (κ1) is 17.5. The number of thioether (sulfide) groups is 1. The predicted molar refractivity (Wildman–Crippen MR) is 111 cm³/mol. The normalized spacial score (nSPS) is 14.1. The molecule has 0 aliphatic carbocycles. The molecule has 1 aromatic heterocycles. The maximum atomic E-state index is 4.83. The van der Waals surface area contributed by atoms with Crippen molar-refractivity contribution >= 4 is 33.4 Å². The average Bonchev–Trinajstić information content (AvgIpc) is 3.04. The zero-order valence-corrected chi connectivity index (χ0v) is 17.3. The van der Waals surface area contributed by atoms with Gasteiger partial charge in [0.25, 0.3) is 0 Å². The molecule has 26 heavy (non-hydrogen) atoms. The van der Waals surface area contributed by atoms with Crippen molar-refractivity contribution in [1.82, 2.24) is 14.9 Å². The van der Waals surface area contributed by atoms with Crippen LogP contribution in [0, 0.1) is 0 Å². The van der Waals surface area contributed by atoms with Gasteiger partial charge in [-0.1, -0.05) is 84.9 Å². The van der Waals surface area contributed by atoms with Gasteiger partial charge in [-0.2, -0.15) is 9.78 Å². The number of benzene rings is 2. The molecule has 0 saturated carbocycles. The Morgan fingerprint density at radius 2 is 1.77 bits per heavy atom. The van der Waals surface area contributed by atoms with E-state index in [0.717, 1.165) is 38.0 Å². The van der Waals surface area contributed by atoms with Crippen LogP contribution >= 0.6 is 27.7 Å². The first-order valence-electron chi connectivity index (χ1n) is 8.45. The van der Waals surface area contributed by atoms with Gasteiger partial charge in [0.05, 0.1) is 5.71 Å². The van der Waals surface area contributed by atoms with Crippen LogP contribution in [0.3, 0.4) is 0 Å². The van der Waals surface area contributed by atoms with E-state index >= 15 is 0 Å². The molecule has 1 aliphatic rings. The highest BCUT2D eigenvalue weighted by atomic mass is 79.9. The number of aromatic nitrogens is 3. The van der Waals surface area contributed by atoms with Crippen molar-refractivity contribution in [1.29, 1.82) is 0 Å². The van der Waals surface area contributed by atoms with Crippen LogP contribution < -0.4 is 0 Å². The van der Waals surface area contributed by atoms with Crippen molar-refractivity contribution in [2.24, 2.45) is 5.10 Å². The summed E-state index contributed by atoms with van der Waals surface area (Å²) in [5.41, 5.74) is 4.59. The Hall–Kier alpha value is -1.92. The van der Waals surface area contributed by atoms with Crippen molar-refractivity contribution in [2.45, 2.75) is 31.3 Å². The number of hydrogen-bond acceptors (Lipinski definition) is 4. The summed E-state index contributed by atoms with van der Waals surface area (Å²) in [6.07, 6.45) is 0. The Morgan fingerprint density at radius 3 is 2.46 bits per heavy atom. The largest absolute Gasteiger partial charge is 0.212 e. The van der Waals surface area contributed by atoms with Crippen LogP contribution in [0.15, 0.2) is 63.3 Å². The topological polar surface area (TPSA) is 43.1 Å². The monoisotopic (exact) mass is 426 g/mol. The third-order valence-corrected chi connectivity index (χ3v) is 5.76. The summed E-state index contributed by atoms with van der Waals surface area (Å²) in [4.78, 5) is 0. The molecular formula is C20H19BrN4S. The number of hydrogen-bond donors (Lipinski definition) is 0. The zero-order chi connectivity index (χ0) is 18.3. The van der Waals surface area contributed by atoms with Crippen molar-refractivity contribution in [3.05, 3.63) is 64.1 Å². The molecule has 4 rings (SSSR count). The van der Waals surface area contributed by atoms with Crippen LogP contribution in [0.25, 0.3) is 11.4 Å². The molecule has 0 spiro atoms. The number of halogens is 1. The lowest BCUT2D eigenvalue weighted by atomic mass is 9.87. The van der Waals surface area contributed by atoms with E-state index in [2.05, 4.69) is 83.3 Å². The van der Waals surface area contributed by atoms with Crippen LogP contribution in [0.5, 0.6) is 0 Å². The van der Waals surface area contributed by atoms with Gasteiger partial charge in [-0.3, -0.25) is 0 Å². The summed E-state index contributed by atoms with van der Waals surface area (Å²) in [6, 6.07) is 16.7. The smallest absolute Gasteiger partial charge is 0.187 e. The molecule has 0 amide bonds. The molecule has 132 valence electrons. The summed E-state index contributed by atoms with van der Waals surface area (Å²) in [6.45, 7) is 6.64. The van der Waals surface area contributed by atoms with Crippen LogP contribution in [0.1, 0.15) is 31.9 Å². The molecular weight excluding hydrogens is 408 g/mol. The minimum Gasteiger partial charge on any atom is -0.187 e. The fourth-order valence-corrected chi connectivity index (χ4v) is 4.07. The van der Waals surface area contributed by atoms with Crippen molar-refractivity contribution < 1.29 is 0 Å². The van der Waals surface area contributed by atoms with Crippen molar-refractivity contribution in [3.8, 4) is 11.4 Å². The first-order chi connectivity index (χ1) is 12.4. The third kappa shape index (κ3) is 3.35. The summed E-state index contributed by atoms with van der Waals surface area (Å²) in [5, 5.41) is 14.4. The first-order valence-corrected chi connectivity index (χ1v) is 10.2. The van der Waals surface area contributed by atoms with Gasteiger partial charge >= 0.3 is 0 Å². The SMILES string of the molecule is CC(C)(C)c1ccc(-c2nnc3n2N=C(c2cccc(Br)c2)CS3)cc1. The van der Waals surface area contributed by atoms with Gasteiger partial charge in [-0.15, -0.1) is 10.2 Å². The molecule has 0 fully saturated rings. The summed E-state index contributed by atoms with van der Waals surface area (Å²) >= 11 is 5.20. The molecule has 0 N–H and O–H groups in total. The fraction of sp³-hybridized carbons (Fsp3) is 0.250. The lowest BCUT2D eigenvalue weighted by Crippen LogP contribution is -2.14. The van der Waals surface area contributed by atoms with E-state index in [-0.39, 0.29) is 5.41 Å². The number of nitrogens with zero attached hydrogens (tertiary/aromatic N) is 4. The van der Waals surface area contributed by atoms with Crippen LogP contribution in [0.4, 0.5) is 0 Å². The van der Waals surface area contributed by atoms with Gasteiger partial charge in [0, 0.05) is 15.8 Å². The molecule has 0 saturated heterocycles. The quantitative estimate of drug-likeness (QED) is 0.553. The predicted octanol–water partition coefficient (Wildman–Crippen LogP) is 5.36. The molecule has 2 aromatic carbocycles. The second-order valence-corrected chi connectivity index (χ2v) is 9.15. The molecule has 0 unspecified atom stereocenters. The summed E-state index contributed by atoms with van der Waals surface area (Å²) < 4.78 is 2.91. The molecule has 6 heteroatoms. The number of rotatable bonds is 2. The second-order valence-electron chi connectivity index (χ2n) is 7.29. The average molecular weight is 427 g/mol. The van der Waals surface area contributed by atoms with Crippen LogP contribution in [-0.4, -0.2) is 26.3 Å². The standard InChI is InChI=1S/C20H19BrN4S/c1-20(2,3)15-9-7-13(8-10-15)18-22-23-19-25(18)24-17(12-26-19)14-5-4-6-16(21)11-14/h4-11H,12H2,1-3H3. The fourth-order valence-electron chi connectivity index (χ4n) is 2.84. The van der Waals surface area contributed by atoms with Gasteiger partial charge in [0.15, 0.2) is 5.82 Å². The van der Waals surface area contributed by atoms with Crippen molar-refractivity contribution in [3.63, 3.8) is 0 Å². The highest BCUT2D eigenvalue weighted by Gasteiger charge is 2.21. The Bertz CT molecular complexity index is 984. The zero-order valence-electron chi connectivity index (χ0n) is 14.9. The maximum Gasteiger partial charge on any atom is 0.212 e. The second kappa shape index (κ2) is 6.67. The van der Waals surface area contributed by atoms with E-state index in [1.165, 1.54) is 5.56 Å². The Labute approximate surface area is 165 Å². The van der Waals surface area contributed by atoms with E-state index in [1.807, 2.05) is 16.8 Å². The van der Waals surface area contributed by atoms with Crippen molar-refractivity contribution in [2.75, 3.05) is 5.75 Å². The molecule has 0 atom stereocenters. The minimum absolute atomic E-state index is 0.130. The molecule has 3 aromatic rings. The Morgan fingerprint density at radius 1 is 1.00 bits per heavy atom. The van der Waals surface area contributed by atoms with Gasteiger partial charge in [0.1, 0.15) is 0 Å². The van der Waals surface area contributed by atoms with Gasteiger partial charge < -0.3 is 0 Å². The molecule has 0 radical (unpaired) electrons. The maximum absolute atomic E-state index is 4.83. The van der Waals surface area contributed by atoms with Crippen LogP contribution in [-0.2, 0) is 5.41 Å². The summed E-state index contributed by atoms with van der Waals surface area (Å²) in [5.74, 6) is 1.57. The minimum atomic E-state index is 0.130. The van der Waals surface area contributed by atoms with Gasteiger partial charge in [-0.25, -0.2) is 0 Å². The van der Waals surface area contributed by atoms with E-state index in [4.69, 9.17) is 5.10 Å². The van der Waals surface area contributed by atoms with E-state index in [1.54, 1.807) is 11.8 Å². The van der Waals surface area contributed by atoms with E-state index in [9.17, 15) is 0 Å². The highest BCUT2D eigenvalue weighted by molar-refractivity contribution is 9.10. The Balaban J connectivity index is 1.73. The molecule has 1 aliphatic heterocycles. The molecule has 2 heterocycles. The lowest BCUT2D eigenvalue weighted by Gasteiger charge is -2.19. The lowest BCUT2D eigenvalue weighted by molar-refractivity contribution is 0.590. The summed E-state index contributed by atoms with van der Waals surface area (Å²) in [7, 11) is 0. The highest BCUT2D eigenvalue weighted by Crippen LogP contribution is 2.30. The van der Waals surface area contributed by atoms with Gasteiger partial charge in [0.2, 0.25) is 5.16 Å². The van der Waals surface area contributed by atoms with Crippen LogP contribution in [0.2, 0.25) is 0 Å².